The van der Waals surface area contributed by atoms with E-state index in [4.69, 9.17) is 0 Å². The van der Waals surface area contributed by atoms with Crippen LogP contribution in [0.1, 0.15) is 12.0 Å². The number of pyridine rings is 1. The minimum absolute atomic E-state index is 1.08. The summed E-state index contributed by atoms with van der Waals surface area (Å²) in [5.74, 6) is 1.12. The zero-order chi connectivity index (χ0) is 12.1. The molecule has 2 rings (SSSR count). The number of hydrogen-bond donors (Lipinski definition) is 0. The molecule has 0 bridgehead atoms. The van der Waals surface area contributed by atoms with E-state index in [2.05, 4.69) is 32.9 Å². The van der Waals surface area contributed by atoms with E-state index < -0.39 is 0 Å². The van der Waals surface area contributed by atoms with Crippen molar-refractivity contribution >= 4 is 5.96 Å². The maximum Gasteiger partial charge on any atom is 0.196 e. The smallest absolute Gasteiger partial charge is 0.196 e. The van der Waals surface area contributed by atoms with Gasteiger partial charge >= 0.3 is 0 Å². The van der Waals surface area contributed by atoms with Gasteiger partial charge in [-0.2, -0.15) is 0 Å². The normalized spacial score (nSPS) is 18.1. The Kier molecular flexibility index (Phi) is 3.96. The molecular weight excluding hydrogens is 212 g/mol. The van der Waals surface area contributed by atoms with Crippen LogP contribution in [0.2, 0.25) is 0 Å². The highest BCUT2D eigenvalue weighted by Crippen LogP contribution is 2.08. The molecule has 1 aliphatic heterocycles. The van der Waals surface area contributed by atoms with E-state index >= 15 is 0 Å². The number of aromatic nitrogens is 1. The van der Waals surface area contributed by atoms with Crippen molar-refractivity contribution in [2.24, 2.45) is 4.99 Å². The van der Waals surface area contributed by atoms with Crippen LogP contribution in [0.5, 0.6) is 0 Å². The fraction of sp³-hybridized carbons (Fsp3) is 0.538. The minimum Gasteiger partial charge on any atom is -0.344 e. The van der Waals surface area contributed by atoms with Crippen LogP contribution in [-0.4, -0.2) is 54.5 Å². The van der Waals surface area contributed by atoms with E-state index in [1.54, 1.807) is 0 Å². The molecule has 0 aliphatic carbocycles. The third-order valence-corrected chi connectivity index (χ3v) is 3.15. The second-order valence-corrected chi connectivity index (χ2v) is 4.40. The lowest BCUT2D eigenvalue weighted by Gasteiger charge is -2.19. The zero-order valence-electron chi connectivity index (χ0n) is 10.6. The quantitative estimate of drug-likeness (QED) is 0.783. The van der Waals surface area contributed by atoms with Gasteiger partial charge in [0.1, 0.15) is 0 Å². The maximum absolute atomic E-state index is 4.33. The second kappa shape index (κ2) is 5.66. The highest BCUT2D eigenvalue weighted by Gasteiger charge is 2.21. The molecule has 1 saturated heterocycles. The lowest BCUT2D eigenvalue weighted by Crippen LogP contribution is -2.32. The molecule has 2 heterocycles. The monoisotopic (exact) mass is 232 g/mol. The Balaban J connectivity index is 1.80. The van der Waals surface area contributed by atoms with Crippen LogP contribution in [0.4, 0.5) is 0 Å². The van der Waals surface area contributed by atoms with E-state index in [9.17, 15) is 0 Å². The first-order valence-corrected chi connectivity index (χ1v) is 6.13. The van der Waals surface area contributed by atoms with Gasteiger partial charge in [-0.15, -0.1) is 0 Å². The molecule has 0 unspecified atom stereocenters. The molecule has 1 aliphatic rings. The Hall–Kier alpha value is -1.58. The maximum atomic E-state index is 4.33. The van der Waals surface area contributed by atoms with Gasteiger partial charge in [0.25, 0.3) is 0 Å². The number of aliphatic imine (C=N–C) groups is 1. The summed E-state index contributed by atoms with van der Waals surface area (Å²) in [4.78, 5) is 13.0. The largest absolute Gasteiger partial charge is 0.344 e. The van der Waals surface area contributed by atoms with Gasteiger partial charge in [-0.05, 0) is 24.5 Å². The molecule has 1 fully saturated rings. The molecule has 92 valence electrons. The van der Waals surface area contributed by atoms with E-state index in [0.717, 1.165) is 38.4 Å². The molecule has 4 nitrogen and oxygen atoms in total. The molecule has 0 N–H and O–H groups in total. The number of hydrogen-bond acceptors (Lipinski definition) is 2. The molecular formula is C13H20N4. The number of guanidine groups is 1. The average molecular weight is 232 g/mol. The molecule has 4 heteroatoms. The molecule has 0 saturated carbocycles. The van der Waals surface area contributed by atoms with Crippen LogP contribution in [0, 0.1) is 0 Å². The summed E-state index contributed by atoms with van der Waals surface area (Å²) >= 11 is 0. The van der Waals surface area contributed by atoms with E-state index in [0.29, 0.717) is 0 Å². The number of nitrogens with zero attached hydrogens (tertiary/aromatic N) is 4. The summed E-state index contributed by atoms with van der Waals surface area (Å²) < 4.78 is 0. The Morgan fingerprint density at radius 1 is 1.41 bits per heavy atom. The standard InChI is InChI=1S/C13H20N4/c1-14-13-16(2)9-10-17(13)8-4-6-12-5-3-7-15-11-12/h3,5,7,11H,4,6,8-10H2,1-2H3/b14-13-. The molecule has 17 heavy (non-hydrogen) atoms. The molecule has 0 spiro atoms. The summed E-state index contributed by atoms with van der Waals surface area (Å²) in [6.45, 7) is 3.25. The second-order valence-electron chi connectivity index (χ2n) is 4.40. The highest BCUT2D eigenvalue weighted by molar-refractivity contribution is 5.81. The van der Waals surface area contributed by atoms with E-state index in [-0.39, 0.29) is 0 Å². The molecule has 0 aromatic carbocycles. The third kappa shape index (κ3) is 2.96. The van der Waals surface area contributed by atoms with E-state index in [1.165, 1.54) is 5.56 Å². The van der Waals surface area contributed by atoms with Crippen LogP contribution in [-0.2, 0) is 6.42 Å². The molecule has 1 aromatic heterocycles. The predicted octanol–water partition coefficient (Wildman–Crippen LogP) is 1.25. The van der Waals surface area contributed by atoms with Gasteiger partial charge in [0.2, 0.25) is 0 Å². The van der Waals surface area contributed by atoms with Crippen LogP contribution in [0.15, 0.2) is 29.5 Å². The van der Waals surface area contributed by atoms with Gasteiger partial charge < -0.3 is 9.80 Å². The van der Waals surface area contributed by atoms with Gasteiger partial charge in [-0.25, -0.2) is 0 Å². The van der Waals surface area contributed by atoms with Crippen LogP contribution < -0.4 is 0 Å². The fourth-order valence-corrected chi connectivity index (χ4v) is 2.26. The minimum atomic E-state index is 1.08. The first-order chi connectivity index (χ1) is 8.31. The van der Waals surface area contributed by atoms with Crippen molar-refractivity contribution in [1.82, 2.24) is 14.8 Å². The zero-order valence-corrected chi connectivity index (χ0v) is 10.6. The Bertz CT molecular complexity index is 374. The number of rotatable bonds is 4. The number of aryl methyl sites for hydroxylation is 1. The fourth-order valence-electron chi connectivity index (χ4n) is 2.26. The first kappa shape index (κ1) is 11.9. The van der Waals surface area contributed by atoms with E-state index in [1.807, 2.05) is 25.5 Å². The van der Waals surface area contributed by atoms with Crippen LogP contribution in [0.25, 0.3) is 0 Å². The number of likely N-dealkylation sites (N-methyl/N-ethyl adjacent to an activating group) is 1. The van der Waals surface area contributed by atoms with Crippen molar-refractivity contribution in [1.29, 1.82) is 0 Å². The summed E-state index contributed by atoms with van der Waals surface area (Å²) in [5.41, 5.74) is 1.31. The topological polar surface area (TPSA) is 31.7 Å². The summed E-state index contributed by atoms with van der Waals surface area (Å²) in [6.07, 6.45) is 6.01. The SMILES string of the molecule is C/N=C1/N(C)CCN1CCCc1cccnc1. The molecule has 0 amide bonds. The highest BCUT2D eigenvalue weighted by atomic mass is 15.4. The summed E-state index contributed by atoms with van der Waals surface area (Å²) in [6, 6.07) is 4.13. The van der Waals surface area contributed by atoms with Crippen molar-refractivity contribution < 1.29 is 0 Å². The van der Waals surface area contributed by atoms with Crippen molar-refractivity contribution in [3.8, 4) is 0 Å². The Morgan fingerprint density at radius 3 is 3.00 bits per heavy atom. The van der Waals surface area contributed by atoms with Gasteiger partial charge in [0.05, 0.1) is 0 Å². The van der Waals surface area contributed by atoms with Crippen molar-refractivity contribution in [2.75, 3.05) is 33.7 Å². The third-order valence-electron chi connectivity index (χ3n) is 3.15. The van der Waals surface area contributed by atoms with Crippen molar-refractivity contribution in [3.05, 3.63) is 30.1 Å². The molecule has 1 aromatic rings. The van der Waals surface area contributed by atoms with Gasteiger partial charge in [-0.3, -0.25) is 9.98 Å². The van der Waals surface area contributed by atoms with Gasteiger partial charge in [0.15, 0.2) is 5.96 Å². The molecule has 0 atom stereocenters. The predicted molar refractivity (Wildman–Crippen MR) is 70.1 cm³/mol. The van der Waals surface area contributed by atoms with Crippen LogP contribution >= 0.6 is 0 Å². The summed E-state index contributed by atoms with van der Waals surface area (Å²) in [5, 5.41) is 0. The lowest BCUT2D eigenvalue weighted by atomic mass is 10.1. The van der Waals surface area contributed by atoms with Crippen molar-refractivity contribution in [3.63, 3.8) is 0 Å². The summed E-state index contributed by atoms with van der Waals surface area (Å²) in [7, 11) is 3.97. The van der Waals surface area contributed by atoms with Gasteiger partial charge in [-0.1, -0.05) is 6.07 Å². The van der Waals surface area contributed by atoms with Gasteiger partial charge in [0, 0.05) is 46.1 Å². The van der Waals surface area contributed by atoms with Crippen molar-refractivity contribution in [2.45, 2.75) is 12.8 Å². The first-order valence-electron chi connectivity index (χ1n) is 6.13. The lowest BCUT2D eigenvalue weighted by molar-refractivity contribution is 0.449. The molecule has 0 radical (unpaired) electrons. The average Bonchev–Trinajstić information content (AvgIpc) is 2.71. The Labute approximate surface area is 103 Å². The Morgan fingerprint density at radius 2 is 2.29 bits per heavy atom. The van der Waals surface area contributed by atoms with Crippen LogP contribution in [0.3, 0.4) is 0 Å².